The molecule has 4 rings (SSSR count). The Morgan fingerprint density at radius 1 is 0.903 bits per heavy atom. The molecule has 164 valence electrons. The number of rotatable bonds is 6. The summed E-state index contributed by atoms with van der Waals surface area (Å²) < 4.78 is 26.9. The van der Waals surface area contributed by atoms with Gasteiger partial charge in [-0.3, -0.25) is 4.79 Å². The van der Waals surface area contributed by atoms with Crippen molar-refractivity contribution < 1.29 is 13.2 Å². The third kappa shape index (κ3) is 5.43. The monoisotopic (exact) mass is 438 g/mol. The Labute approximate surface area is 185 Å². The molecule has 0 radical (unpaired) electrons. The van der Waals surface area contributed by atoms with Gasteiger partial charge in [-0.25, -0.2) is 8.42 Å². The molecule has 0 aliphatic carbocycles. The second-order valence-electron chi connectivity index (χ2n) is 8.45. The fraction of sp³-hybridized carbons (Fsp3) is 0.400. The van der Waals surface area contributed by atoms with E-state index in [0.29, 0.717) is 25.9 Å². The maximum Gasteiger partial charge on any atom is 0.236 e. The van der Waals surface area contributed by atoms with E-state index in [1.54, 1.807) is 6.08 Å². The zero-order chi connectivity index (χ0) is 21.7. The van der Waals surface area contributed by atoms with E-state index in [1.165, 1.54) is 15.3 Å². The molecule has 0 bridgehead atoms. The van der Waals surface area contributed by atoms with Crippen LogP contribution in [0.4, 0.5) is 0 Å². The lowest BCUT2D eigenvalue weighted by Crippen LogP contribution is -2.45. The normalized spacial score (nSPS) is 21.0. The fourth-order valence-electron chi connectivity index (χ4n) is 4.63. The van der Waals surface area contributed by atoms with Crippen LogP contribution in [0.25, 0.3) is 6.08 Å². The Morgan fingerprint density at radius 3 is 2.23 bits per heavy atom. The van der Waals surface area contributed by atoms with Gasteiger partial charge in [0.05, 0.1) is 0 Å². The molecule has 1 unspecified atom stereocenters. The van der Waals surface area contributed by atoms with E-state index in [4.69, 9.17) is 0 Å². The van der Waals surface area contributed by atoms with E-state index in [9.17, 15) is 13.2 Å². The summed E-state index contributed by atoms with van der Waals surface area (Å²) in [6.07, 6.45) is 5.78. The molecule has 2 aromatic carbocycles. The number of carbonyl (C=O) groups excluding carboxylic acids is 1. The summed E-state index contributed by atoms with van der Waals surface area (Å²) >= 11 is 0. The zero-order valence-electron chi connectivity index (χ0n) is 17.8. The van der Waals surface area contributed by atoms with Crippen molar-refractivity contribution >= 4 is 22.0 Å². The van der Waals surface area contributed by atoms with Gasteiger partial charge in [-0.1, -0.05) is 60.7 Å². The molecule has 31 heavy (non-hydrogen) atoms. The lowest BCUT2D eigenvalue weighted by atomic mass is 9.95. The number of amides is 1. The Kier molecular flexibility index (Phi) is 6.88. The molecule has 6 heteroatoms. The van der Waals surface area contributed by atoms with Crippen LogP contribution in [0.5, 0.6) is 0 Å². The number of likely N-dealkylation sites (tertiary alicyclic amines) is 1. The fourth-order valence-corrected chi connectivity index (χ4v) is 5.85. The van der Waals surface area contributed by atoms with E-state index in [1.807, 2.05) is 48.5 Å². The van der Waals surface area contributed by atoms with Gasteiger partial charge in [-0.2, -0.15) is 4.31 Å². The molecule has 2 aliphatic heterocycles. The Morgan fingerprint density at radius 2 is 1.55 bits per heavy atom. The maximum absolute atomic E-state index is 13.2. The zero-order valence-corrected chi connectivity index (χ0v) is 18.6. The summed E-state index contributed by atoms with van der Waals surface area (Å²) in [5, 5.41) is 1.28. The standard InChI is InChI=1S/C25H30N2O3S/c28-25(27-16-7-12-24(27)20-22-10-5-2-6-11-22)23-13-17-26(18-14-23)31(29,30)19-15-21-8-3-1-4-9-21/h1-6,8-11,15,19,23-24H,7,12-14,16-18,20H2/b19-15+. The molecule has 2 aliphatic rings. The first-order valence-electron chi connectivity index (χ1n) is 11.1. The summed E-state index contributed by atoms with van der Waals surface area (Å²) in [5.41, 5.74) is 2.12. The van der Waals surface area contributed by atoms with Crippen molar-refractivity contribution in [2.24, 2.45) is 5.92 Å². The van der Waals surface area contributed by atoms with Crippen LogP contribution < -0.4 is 0 Å². The van der Waals surface area contributed by atoms with Crippen molar-refractivity contribution in [3.05, 3.63) is 77.2 Å². The maximum atomic E-state index is 13.2. The third-order valence-electron chi connectivity index (χ3n) is 6.37. The highest BCUT2D eigenvalue weighted by molar-refractivity contribution is 7.92. The van der Waals surface area contributed by atoms with Crippen LogP contribution in [0, 0.1) is 5.92 Å². The first-order valence-corrected chi connectivity index (χ1v) is 12.6. The number of carbonyl (C=O) groups is 1. The van der Waals surface area contributed by atoms with Crippen molar-refractivity contribution in [1.82, 2.24) is 9.21 Å². The van der Waals surface area contributed by atoms with Crippen molar-refractivity contribution in [2.45, 2.75) is 38.1 Å². The highest BCUT2D eigenvalue weighted by atomic mass is 32.2. The van der Waals surface area contributed by atoms with E-state index < -0.39 is 10.0 Å². The average molecular weight is 439 g/mol. The topological polar surface area (TPSA) is 57.7 Å². The van der Waals surface area contributed by atoms with Gasteiger partial charge < -0.3 is 4.90 Å². The minimum absolute atomic E-state index is 0.0825. The molecule has 0 aromatic heterocycles. The van der Waals surface area contributed by atoms with Gasteiger partial charge in [-0.05, 0) is 49.3 Å². The van der Waals surface area contributed by atoms with Crippen LogP contribution >= 0.6 is 0 Å². The summed E-state index contributed by atoms with van der Waals surface area (Å²) in [7, 11) is -3.47. The second-order valence-corrected chi connectivity index (χ2v) is 10.3. The number of hydrogen-bond donors (Lipinski definition) is 0. The van der Waals surface area contributed by atoms with Crippen molar-refractivity contribution in [3.8, 4) is 0 Å². The molecular formula is C25H30N2O3S. The van der Waals surface area contributed by atoms with Crippen LogP contribution in [0.1, 0.15) is 36.8 Å². The number of nitrogens with zero attached hydrogens (tertiary/aromatic N) is 2. The summed E-state index contributed by atoms with van der Waals surface area (Å²) in [5.74, 6) is 0.122. The van der Waals surface area contributed by atoms with Crippen LogP contribution in [0.3, 0.4) is 0 Å². The van der Waals surface area contributed by atoms with Gasteiger partial charge in [0, 0.05) is 37.0 Å². The molecule has 1 atom stereocenters. The van der Waals surface area contributed by atoms with Gasteiger partial charge in [0.1, 0.15) is 0 Å². The minimum atomic E-state index is -3.47. The van der Waals surface area contributed by atoms with Crippen molar-refractivity contribution in [1.29, 1.82) is 0 Å². The molecule has 2 saturated heterocycles. The molecular weight excluding hydrogens is 408 g/mol. The van der Waals surface area contributed by atoms with Crippen LogP contribution in [0.15, 0.2) is 66.1 Å². The largest absolute Gasteiger partial charge is 0.339 e. The average Bonchev–Trinajstić information content (AvgIpc) is 3.27. The lowest BCUT2D eigenvalue weighted by Gasteiger charge is -2.34. The van der Waals surface area contributed by atoms with Gasteiger partial charge in [0.25, 0.3) is 0 Å². The van der Waals surface area contributed by atoms with E-state index in [0.717, 1.165) is 31.4 Å². The predicted octanol–water partition coefficient (Wildman–Crippen LogP) is 3.93. The SMILES string of the molecule is O=C(C1CCN(S(=O)(=O)/C=C/c2ccccc2)CC1)N1CCCC1Cc1ccccc1. The quantitative estimate of drug-likeness (QED) is 0.687. The van der Waals surface area contributed by atoms with E-state index in [-0.39, 0.29) is 17.9 Å². The lowest BCUT2D eigenvalue weighted by molar-refractivity contribution is -0.137. The highest BCUT2D eigenvalue weighted by Gasteiger charge is 2.36. The smallest absolute Gasteiger partial charge is 0.236 e. The minimum Gasteiger partial charge on any atom is -0.339 e. The third-order valence-corrected chi connectivity index (χ3v) is 7.93. The van der Waals surface area contributed by atoms with Crippen LogP contribution in [-0.4, -0.2) is 49.2 Å². The van der Waals surface area contributed by atoms with Crippen LogP contribution in [0.2, 0.25) is 0 Å². The molecule has 0 N–H and O–H groups in total. The molecule has 2 aromatic rings. The molecule has 2 heterocycles. The van der Waals surface area contributed by atoms with Crippen molar-refractivity contribution in [2.75, 3.05) is 19.6 Å². The number of benzene rings is 2. The van der Waals surface area contributed by atoms with Crippen molar-refractivity contribution in [3.63, 3.8) is 0 Å². The first kappa shape index (κ1) is 21.8. The number of piperidine rings is 1. The molecule has 5 nitrogen and oxygen atoms in total. The Bertz CT molecular complexity index is 998. The Balaban J connectivity index is 1.33. The summed E-state index contributed by atoms with van der Waals surface area (Å²) in [4.78, 5) is 15.3. The molecule has 0 saturated carbocycles. The van der Waals surface area contributed by atoms with Gasteiger partial charge in [0.15, 0.2) is 0 Å². The van der Waals surface area contributed by atoms with Crippen LogP contribution in [-0.2, 0) is 21.2 Å². The summed E-state index contributed by atoms with van der Waals surface area (Å²) in [6, 6.07) is 20.0. The predicted molar refractivity (Wildman–Crippen MR) is 124 cm³/mol. The number of sulfonamides is 1. The van der Waals surface area contributed by atoms with Gasteiger partial charge in [-0.15, -0.1) is 0 Å². The van der Waals surface area contributed by atoms with E-state index >= 15 is 0 Å². The Hall–Kier alpha value is -2.44. The molecule has 0 spiro atoms. The second kappa shape index (κ2) is 9.79. The van der Waals surface area contributed by atoms with Gasteiger partial charge in [0.2, 0.25) is 15.9 Å². The molecule has 1 amide bonds. The first-order chi connectivity index (χ1) is 15.0. The molecule has 2 fully saturated rings. The van der Waals surface area contributed by atoms with E-state index in [2.05, 4.69) is 17.0 Å². The number of hydrogen-bond acceptors (Lipinski definition) is 3. The highest BCUT2D eigenvalue weighted by Crippen LogP contribution is 2.28. The van der Waals surface area contributed by atoms with Gasteiger partial charge >= 0.3 is 0 Å². The summed E-state index contributed by atoms with van der Waals surface area (Å²) in [6.45, 7) is 1.61.